The second kappa shape index (κ2) is 6.40. The molecule has 16 heavy (non-hydrogen) atoms. The van der Waals surface area contributed by atoms with E-state index < -0.39 is 0 Å². The molecule has 1 aromatic rings. The van der Waals surface area contributed by atoms with E-state index in [4.69, 9.17) is 16.9 Å². The van der Waals surface area contributed by atoms with Crippen molar-refractivity contribution in [2.24, 2.45) is 0 Å². The van der Waals surface area contributed by atoms with E-state index in [0.29, 0.717) is 16.6 Å². The number of nitrogens with zero attached hydrogens (tertiary/aromatic N) is 1. The summed E-state index contributed by atoms with van der Waals surface area (Å²) in [5.41, 5.74) is 1.49. The smallest absolute Gasteiger partial charge is 0.101 e. The molecule has 0 radical (unpaired) electrons. The molecule has 0 aliphatic carbocycles. The van der Waals surface area contributed by atoms with Gasteiger partial charge in [-0.1, -0.05) is 31.9 Å². The SMILES string of the molecule is CCCC(CC)Nc1ccc(Cl)cc1C#N. The van der Waals surface area contributed by atoms with E-state index in [-0.39, 0.29) is 0 Å². The molecule has 0 spiro atoms. The first-order valence-corrected chi connectivity index (χ1v) is 6.05. The van der Waals surface area contributed by atoms with Gasteiger partial charge in [-0.3, -0.25) is 0 Å². The van der Waals surface area contributed by atoms with Crippen LogP contribution < -0.4 is 5.32 Å². The third-order valence-corrected chi connectivity index (χ3v) is 2.83. The Morgan fingerprint density at radius 1 is 1.44 bits per heavy atom. The van der Waals surface area contributed by atoms with Gasteiger partial charge in [-0.25, -0.2) is 0 Å². The highest BCUT2D eigenvalue weighted by Crippen LogP contribution is 2.21. The number of hydrogen-bond donors (Lipinski definition) is 1. The zero-order valence-electron chi connectivity index (χ0n) is 9.76. The molecule has 1 rings (SSSR count). The molecule has 1 unspecified atom stereocenters. The van der Waals surface area contributed by atoms with Gasteiger partial charge in [0.25, 0.3) is 0 Å². The van der Waals surface area contributed by atoms with Crippen molar-refractivity contribution in [2.75, 3.05) is 5.32 Å². The van der Waals surface area contributed by atoms with Gasteiger partial charge in [-0.05, 0) is 31.0 Å². The minimum absolute atomic E-state index is 0.429. The third-order valence-electron chi connectivity index (χ3n) is 2.59. The second-order valence-electron chi connectivity index (χ2n) is 3.84. The number of anilines is 1. The summed E-state index contributed by atoms with van der Waals surface area (Å²) in [6.07, 6.45) is 3.31. The lowest BCUT2D eigenvalue weighted by atomic mass is 10.1. The molecule has 0 aromatic heterocycles. The van der Waals surface area contributed by atoms with Crippen LogP contribution in [0, 0.1) is 11.3 Å². The van der Waals surface area contributed by atoms with Crippen molar-refractivity contribution in [3.8, 4) is 6.07 Å². The Morgan fingerprint density at radius 2 is 2.19 bits per heavy atom. The van der Waals surface area contributed by atoms with E-state index in [1.54, 1.807) is 6.07 Å². The fourth-order valence-corrected chi connectivity index (χ4v) is 1.85. The number of nitrogens with one attached hydrogen (secondary N) is 1. The molecule has 1 N–H and O–H groups in total. The number of nitriles is 1. The second-order valence-corrected chi connectivity index (χ2v) is 4.28. The van der Waals surface area contributed by atoms with Gasteiger partial charge < -0.3 is 5.32 Å². The molecule has 0 fully saturated rings. The average molecular weight is 237 g/mol. The van der Waals surface area contributed by atoms with Crippen LogP contribution >= 0.6 is 11.6 Å². The largest absolute Gasteiger partial charge is 0.381 e. The summed E-state index contributed by atoms with van der Waals surface area (Å²) in [6, 6.07) is 7.97. The molecule has 0 saturated carbocycles. The number of benzene rings is 1. The van der Waals surface area contributed by atoms with Gasteiger partial charge in [0.1, 0.15) is 6.07 Å². The predicted molar refractivity (Wildman–Crippen MR) is 68.8 cm³/mol. The van der Waals surface area contributed by atoms with Crippen LogP contribution in [0.5, 0.6) is 0 Å². The van der Waals surface area contributed by atoms with Crippen LogP contribution in [0.25, 0.3) is 0 Å². The van der Waals surface area contributed by atoms with Gasteiger partial charge in [0.15, 0.2) is 0 Å². The maximum atomic E-state index is 9.01. The zero-order chi connectivity index (χ0) is 12.0. The number of halogens is 1. The normalized spacial score (nSPS) is 11.9. The van der Waals surface area contributed by atoms with Gasteiger partial charge in [-0.2, -0.15) is 5.26 Å². The molecular weight excluding hydrogens is 220 g/mol. The van der Waals surface area contributed by atoms with E-state index in [1.165, 1.54) is 0 Å². The highest BCUT2D eigenvalue weighted by atomic mass is 35.5. The molecular formula is C13H17ClN2. The first-order valence-electron chi connectivity index (χ1n) is 5.67. The minimum Gasteiger partial charge on any atom is -0.381 e. The summed E-state index contributed by atoms with van der Waals surface area (Å²) >= 11 is 5.85. The minimum atomic E-state index is 0.429. The lowest BCUT2D eigenvalue weighted by molar-refractivity contribution is 0.622. The van der Waals surface area contributed by atoms with Crippen molar-refractivity contribution in [3.63, 3.8) is 0 Å². The Bertz CT molecular complexity index is 382. The van der Waals surface area contributed by atoms with E-state index in [1.807, 2.05) is 12.1 Å². The monoisotopic (exact) mass is 236 g/mol. The van der Waals surface area contributed by atoms with Crippen LogP contribution in [0.3, 0.4) is 0 Å². The zero-order valence-corrected chi connectivity index (χ0v) is 10.5. The number of rotatable bonds is 5. The van der Waals surface area contributed by atoms with E-state index in [0.717, 1.165) is 24.9 Å². The Morgan fingerprint density at radius 3 is 2.75 bits per heavy atom. The summed E-state index contributed by atoms with van der Waals surface area (Å²) in [5, 5.41) is 13.0. The van der Waals surface area contributed by atoms with Crippen molar-refractivity contribution < 1.29 is 0 Å². The summed E-state index contributed by atoms with van der Waals surface area (Å²) in [7, 11) is 0. The topological polar surface area (TPSA) is 35.8 Å². The molecule has 0 saturated heterocycles. The average Bonchev–Trinajstić information content (AvgIpc) is 2.30. The first kappa shape index (κ1) is 12.9. The summed E-state index contributed by atoms with van der Waals surface area (Å²) in [4.78, 5) is 0. The van der Waals surface area contributed by atoms with E-state index in [2.05, 4.69) is 25.2 Å². The maximum Gasteiger partial charge on any atom is 0.101 e. The van der Waals surface area contributed by atoms with Crippen molar-refractivity contribution in [2.45, 2.75) is 39.2 Å². The van der Waals surface area contributed by atoms with E-state index >= 15 is 0 Å². The molecule has 0 heterocycles. The van der Waals surface area contributed by atoms with Crippen LogP contribution in [0.15, 0.2) is 18.2 Å². The molecule has 0 bridgehead atoms. The molecule has 1 aromatic carbocycles. The van der Waals surface area contributed by atoms with Crippen LogP contribution in [0.1, 0.15) is 38.7 Å². The number of hydrogen-bond acceptors (Lipinski definition) is 2. The van der Waals surface area contributed by atoms with Crippen LogP contribution in [-0.2, 0) is 0 Å². The molecule has 0 aliphatic heterocycles. The van der Waals surface area contributed by atoms with Crippen molar-refractivity contribution >= 4 is 17.3 Å². The van der Waals surface area contributed by atoms with Gasteiger partial charge in [0.2, 0.25) is 0 Å². The first-order chi connectivity index (χ1) is 7.71. The van der Waals surface area contributed by atoms with Gasteiger partial charge >= 0.3 is 0 Å². The Kier molecular flexibility index (Phi) is 5.14. The van der Waals surface area contributed by atoms with Gasteiger partial charge in [0.05, 0.1) is 11.3 Å². The highest BCUT2D eigenvalue weighted by Gasteiger charge is 2.08. The fraction of sp³-hybridized carbons (Fsp3) is 0.462. The van der Waals surface area contributed by atoms with Gasteiger partial charge in [0, 0.05) is 11.1 Å². The maximum absolute atomic E-state index is 9.01. The van der Waals surface area contributed by atoms with E-state index in [9.17, 15) is 0 Å². The molecule has 0 amide bonds. The summed E-state index contributed by atoms with van der Waals surface area (Å²) in [5.74, 6) is 0. The molecule has 3 heteroatoms. The molecule has 2 nitrogen and oxygen atoms in total. The Hall–Kier alpha value is -1.20. The quantitative estimate of drug-likeness (QED) is 0.832. The Balaban J connectivity index is 2.83. The molecule has 0 aliphatic rings. The standard InChI is InChI=1S/C13H17ClN2/c1-3-5-12(4-2)16-13-7-6-11(14)8-10(13)9-15/h6-8,12,16H,3-5H2,1-2H3. The van der Waals surface area contributed by atoms with Crippen molar-refractivity contribution in [1.82, 2.24) is 0 Å². The third kappa shape index (κ3) is 3.43. The lowest BCUT2D eigenvalue weighted by Crippen LogP contribution is -2.18. The fourth-order valence-electron chi connectivity index (χ4n) is 1.68. The Labute approximate surface area is 102 Å². The highest BCUT2D eigenvalue weighted by molar-refractivity contribution is 6.30. The molecule has 1 atom stereocenters. The van der Waals surface area contributed by atoms with Crippen LogP contribution in [0.4, 0.5) is 5.69 Å². The van der Waals surface area contributed by atoms with Crippen molar-refractivity contribution in [1.29, 1.82) is 5.26 Å². The van der Waals surface area contributed by atoms with Gasteiger partial charge in [-0.15, -0.1) is 0 Å². The predicted octanol–water partition coefficient (Wildman–Crippen LogP) is 4.20. The summed E-state index contributed by atoms with van der Waals surface area (Å²) in [6.45, 7) is 4.31. The van der Waals surface area contributed by atoms with Crippen LogP contribution in [0.2, 0.25) is 5.02 Å². The molecule has 86 valence electrons. The van der Waals surface area contributed by atoms with Crippen molar-refractivity contribution in [3.05, 3.63) is 28.8 Å². The van der Waals surface area contributed by atoms with Crippen LogP contribution in [-0.4, -0.2) is 6.04 Å². The summed E-state index contributed by atoms with van der Waals surface area (Å²) < 4.78 is 0. The lowest BCUT2D eigenvalue weighted by Gasteiger charge is -2.18.